The lowest BCUT2D eigenvalue weighted by Crippen LogP contribution is -2.53. The largest absolute Gasteiger partial charge is 0.447 e. The zero-order valence-corrected chi connectivity index (χ0v) is 9.98. The Morgan fingerprint density at radius 2 is 2.24 bits per heavy atom. The number of piperazine rings is 1. The molecule has 0 aromatic carbocycles. The average Bonchev–Trinajstić information content (AvgIpc) is 2.28. The lowest BCUT2D eigenvalue weighted by molar-refractivity contribution is -0.118. The van der Waals surface area contributed by atoms with Gasteiger partial charge in [0.1, 0.15) is 6.61 Å². The van der Waals surface area contributed by atoms with Gasteiger partial charge in [-0.25, -0.2) is 4.79 Å². The molecule has 0 aromatic heterocycles. The number of amides is 2. The summed E-state index contributed by atoms with van der Waals surface area (Å²) in [5.41, 5.74) is 5.11. The number of hydrogen-bond donors (Lipinski definition) is 2. The van der Waals surface area contributed by atoms with E-state index in [0.717, 1.165) is 0 Å². The molecule has 1 aliphatic rings. The van der Waals surface area contributed by atoms with E-state index in [1.54, 1.807) is 12.0 Å². The second-order valence-corrected chi connectivity index (χ2v) is 3.87. The Bertz CT molecular complexity index is 272. The maximum Gasteiger partial charge on any atom is 0.409 e. The van der Waals surface area contributed by atoms with E-state index in [0.29, 0.717) is 26.2 Å². The van der Waals surface area contributed by atoms with Crippen molar-refractivity contribution >= 4 is 12.0 Å². The molecule has 1 fully saturated rings. The number of primary amides is 1. The summed E-state index contributed by atoms with van der Waals surface area (Å²) in [4.78, 5) is 24.0. The zero-order chi connectivity index (χ0) is 12.7. The van der Waals surface area contributed by atoms with Gasteiger partial charge in [0.25, 0.3) is 0 Å². The standard InChI is InChI=1S/C10H19N3O4/c1-16-4-5-17-10(15)13-3-2-12-8(7-13)6-9(11)14/h8,12H,2-7H2,1H3,(H2,11,14). The summed E-state index contributed by atoms with van der Waals surface area (Å²) in [6.45, 7) is 2.26. The summed E-state index contributed by atoms with van der Waals surface area (Å²) in [6.07, 6.45) is -0.153. The first-order chi connectivity index (χ1) is 8.13. The molecule has 0 radical (unpaired) electrons. The van der Waals surface area contributed by atoms with Crippen LogP contribution in [0.25, 0.3) is 0 Å². The molecule has 1 heterocycles. The fraction of sp³-hybridized carbons (Fsp3) is 0.800. The third-order valence-electron chi connectivity index (χ3n) is 2.47. The Morgan fingerprint density at radius 1 is 1.47 bits per heavy atom. The van der Waals surface area contributed by atoms with E-state index >= 15 is 0 Å². The van der Waals surface area contributed by atoms with E-state index in [4.69, 9.17) is 15.2 Å². The predicted octanol–water partition coefficient (Wildman–Crippen LogP) is -1.08. The highest BCUT2D eigenvalue weighted by molar-refractivity contribution is 5.74. The topological polar surface area (TPSA) is 93.9 Å². The highest BCUT2D eigenvalue weighted by Gasteiger charge is 2.24. The van der Waals surface area contributed by atoms with Crippen molar-refractivity contribution in [2.75, 3.05) is 40.0 Å². The lowest BCUT2D eigenvalue weighted by Gasteiger charge is -2.32. The Morgan fingerprint density at radius 3 is 2.88 bits per heavy atom. The minimum Gasteiger partial charge on any atom is -0.447 e. The third kappa shape index (κ3) is 5.01. The third-order valence-corrected chi connectivity index (χ3v) is 2.47. The van der Waals surface area contributed by atoms with Crippen LogP contribution in [0.4, 0.5) is 4.79 Å². The molecule has 1 atom stereocenters. The van der Waals surface area contributed by atoms with E-state index in [1.807, 2.05) is 0 Å². The molecular formula is C10H19N3O4. The van der Waals surface area contributed by atoms with Crippen LogP contribution >= 0.6 is 0 Å². The normalized spacial score (nSPS) is 20.1. The molecule has 0 aliphatic carbocycles. The van der Waals surface area contributed by atoms with E-state index in [9.17, 15) is 9.59 Å². The van der Waals surface area contributed by atoms with Gasteiger partial charge in [-0.2, -0.15) is 0 Å². The van der Waals surface area contributed by atoms with Gasteiger partial charge < -0.3 is 25.4 Å². The molecule has 0 aromatic rings. The highest BCUT2D eigenvalue weighted by Crippen LogP contribution is 2.04. The van der Waals surface area contributed by atoms with Gasteiger partial charge in [-0.3, -0.25) is 4.79 Å². The van der Waals surface area contributed by atoms with Gasteiger partial charge >= 0.3 is 6.09 Å². The van der Waals surface area contributed by atoms with Gasteiger partial charge in [0.2, 0.25) is 5.91 Å². The number of nitrogens with one attached hydrogen (secondary N) is 1. The molecule has 98 valence electrons. The molecule has 3 N–H and O–H groups in total. The van der Waals surface area contributed by atoms with Crippen LogP contribution in [0.1, 0.15) is 6.42 Å². The van der Waals surface area contributed by atoms with Crippen molar-refractivity contribution in [3.05, 3.63) is 0 Å². The van der Waals surface area contributed by atoms with Crippen molar-refractivity contribution in [3.63, 3.8) is 0 Å². The van der Waals surface area contributed by atoms with Crippen LogP contribution in [0, 0.1) is 0 Å². The first kappa shape index (κ1) is 13.7. The summed E-state index contributed by atoms with van der Waals surface area (Å²) in [5.74, 6) is -0.378. The van der Waals surface area contributed by atoms with Crippen molar-refractivity contribution in [2.45, 2.75) is 12.5 Å². The smallest absolute Gasteiger partial charge is 0.409 e. The van der Waals surface area contributed by atoms with Crippen molar-refractivity contribution in [3.8, 4) is 0 Å². The molecule has 7 nitrogen and oxygen atoms in total. The molecule has 0 spiro atoms. The molecular weight excluding hydrogens is 226 g/mol. The van der Waals surface area contributed by atoms with Crippen LogP contribution in [0.2, 0.25) is 0 Å². The Labute approximate surface area is 100 Å². The molecule has 1 saturated heterocycles. The molecule has 7 heteroatoms. The number of carbonyl (C=O) groups is 2. The SMILES string of the molecule is COCCOC(=O)N1CCNC(CC(N)=O)C1. The monoisotopic (exact) mass is 245 g/mol. The van der Waals surface area contributed by atoms with Gasteiger partial charge in [-0.05, 0) is 0 Å². The maximum absolute atomic E-state index is 11.6. The minimum atomic E-state index is -0.378. The van der Waals surface area contributed by atoms with Crippen LogP contribution in [-0.2, 0) is 14.3 Å². The summed E-state index contributed by atoms with van der Waals surface area (Å²) in [7, 11) is 1.54. The number of carbonyl (C=O) groups excluding carboxylic acids is 2. The summed E-state index contributed by atoms with van der Waals surface area (Å²) in [6, 6.07) is -0.0868. The zero-order valence-electron chi connectivity index (χ0n) is 9.98. The molecule has 1 unspecified atom stereocenters. The number of ether oxygens (including phenoxy) is 2. The van der Waals surface area contributed by atoms with Crippen molar-refractivity contribution < 1.29 is 19.1 Å². The second kappa shape index (κ2) is 7.08. The fourth-order valence-electron chi connectivity index (χ4n) is 1.67. The van der Waals surface area contributed by atoms with Gasteiger partial charge in [-0.15, -0.1) is 0 Å². The van der Waals surface area contributed by atoms with Gasteiger partial charge in [0.15, 0.2) is 0 Å². The number of methoxy groups -OCH3 is 1. The molecule has 0 saturated carbocycles. The number of rotatable bonds is 5. The van der Waals surface area contributed by atoms with Crippen molar-refractivity contribution in [2.24, 2.45) is 5.73 Å². The van der Waals surface area contributed by atoms with Gasteiger partial charge in [0, 0.05) is 39.2 Å². The Hall–Kier alpha value is -1.34. The number of nitrogens with two attached hydrogens (primary N) is 1. The number of hydrogen-bond acceptors (Lipinski definition) is 5. The average molecular weight is 245 g/mol. The molecule has 1 aliphatic heterocycles. The molecule has 0 bridgehead atoms. The first-order valence-electron chi connectivity index (χ1n) is 5.55. The Kier molecular flexibility index (Phi) is 5.71. The van der Waals surface area contributed by atoms with Crippen LogP contribution in [0.3, 0.4) is 0 Å². The van der Waals surface area contributed by atoms with Crippen molar-refractivity contribution in [1.29, 1.82) is 0 Å². The second-order valence-electron chi connectivity index (χ2n) is 3.87. The quantitative estimate of drug-likeness (QED) is 0.601. The van der Waals surface area contributed by atoms with Crippen LogP contribution in [0.15, 0.2) is 0 Å². The van der Waals surface area contributed by atoms with E-state index in [-0.39, 0.29) is 31.1 Å². The fourth-order valence-corrected chi connectivity index (χ4v) is 1.67. The van der Waals surface area contributed by atoms with E-state index < -0.39 is 0 Å². The van der Waals surface area contributed by atoms with Crippen LogP contribution < -0.4 is 11.1 Å². The summed E-state index contributed by atoms with van der Waals surface area (Å²) < 4.78 is 9.78. The van der Waals surface area contributed by atoms with Crippen LogP contribution in [-0.4, -0.2) is 62.9 Å². The molecule has 1 rings (SSSR count). The molecule has 2 amide bonds. The van der Waals surface area contributed by atoms with Crippen LogP contribution in [0.5, 0.6) is 0 Å². The highest BCUT2D eigenvalue weighted by atomic mass is 16.6. The van der Waals surface area contributed by atoms with Gasteiger partial charge in [0.05, 0.1) is 6.61 Å². The lowest BCUT2D eigenvalue weighted by atomic mass is 10.1. The predicted molar refractivity (Wildman–Crippen MR) is 60.4 cm³/mol. The summed E-state index contributed by atoms with van der Waals surface area (Å²) >= 11 is 0. The van der Waals surface area contributed by atoms with E-state index in [1.165, 1.54) is 0 Å². The number of nitrogens with zero attached hydrogens (tertiary/aromatic N) is 1. The molecule has 17 heavy (non-hydrogen) atoms. The Balaban J connectivity index is 2.32. The van der Waals surface area contributed by atoms with Crippen molar-refractivity contribution in [1.82, 2.24) is 10.2 Å². The van der Waals surface area contributed by atoms with Gasteiger partial charge in [-0.1, -0.05) is 0 Å². The summed E-state index contributed by atoms with van der Waals surface area (Å²) in [5, 5.41) is 3.13. The first-order valence-corrected chi connectivity index (χ1v) is 5.55. The minimum absolute atomic E-state index is 0.0868. The maximum atomic E-state index is 11.6. The van der Waals surface area contributed by atoms with E-state index in [2.05, 4.69) is 5.32 Å².